The lowest BCUT2D eigenvalue weighted by atomic mass is 10.2. The third-order valence-corrected chi connectivity index (χ3v) is 2.90. The van der Waals surface area contributed by atoms with Crippen molar-refractivity contribution in [3.05, 3.63) is 65.3 Å². The predicted octanol–water partition coefficient (Wildman–Crippen LogP) is 3.60. The SMILES string of the molecule is C1=CC2=CC=C1C2.O=Cc1ccccc1S. The van der Waals surface area contributed by atoms with Crippen molar-refractivity contribution >= 4 is 18.9 Å². The normalized spacial score (nSPS) is 15.1. The van der Waals surface area contributed by atoms with Gasteiger partial charge in [0.15, 0.2) is 6.29 Å². The fourth-order valence-corrected chi connectivity index (χ4v) is 1.81. The van der Waals surface area contributed by atoms with Crippen LogP contribution in [0.1, 0.15) is 16.8 Å². The highest BCUT2D eigenvalue weighted by atomic mass is 32.1. The number of carbonyl (C=O) groups excluding carboxylic acids is 1. The van der Waals surface area contributed by atoms with E-state index in [0.29, 0.717) is 5.56 Å². The Balaban J connectivity index is 0.000000123. The quantitative estimate of drug-likeness (QED) is 0.574. The van der Waals surface area contributed by atoms with Gasteiger partial charge >= 0.3 is 0 Å². The first-order valence-corrected chi connectivity index (χ1v) is 5.55. The summed E-state index contributed by atoms with van der Waals surface area (Å²) in [5.41, 5.74) is 3.57. The molecule has 0 atom stereocenters. The fourth-order valence-electron chi connectivity index (χ4n) is 1.60. The van der Waals surface area contributed by atoms with E-state index in [4.69, 9.17) is 0 Å². The molecule has 0 aliphatic heterocycles. The molecule has 2 bridgehead atoms. The number of aldehydes is 1. The van der Waals surface area contributed by atoms with Gasteiger partial charge in [-0.15, -0.1) is 12.6 Å². The molecular weight excluding hydrogens is 216 g/mol. The second-order valence-electron chi connectivity index (χ2n) is 3.67. The van der Waals surface area contributed by atoms with E-state index in [2.05, 4.69) is 36.9 Å². The Labute approximate surface area is 101 Å². The van der Waals surface area contributed by atoms with Gasteiger partial charge in [0.05, 0.1) is 0 Å². The maximum absolute atomic E-state index is 10.2. The number of hydrogen-bond donors (Lipinski definition) is 1. The highest BCUT2D eigenvalue weighted by Gasteiger charge is 2.07. The van der Waals surface area contributed by atoms with E-state index in [-0.39, 0.29) is 0 Å². The summed E-state index contributed by atoms with van der Waals surface area (Å²) in [5.74, 6) is 0. The zero-order valence-electron chi connectivity index (χ0n) is 8.76. The van der Waals surface area contributed by atoms with E-state index in [1.807, 2.05) is 12.1 Å². The predicted molar refractivity (Wildman–Crippen MR) is 69.0 cm³/mol. The van der Waals surface area contributed by atoms with Crippen LogP contribution in [0.5, 0.6) is 0 Å². The van der Waals surface area contributed by atoms with E-state index in [0.717, 1.165) is 11.2 Å². The summed E-state index contributed by atoms with van der Waals surface area (Å²) in [6.45, 7) is 0. The topological polar surface area (TPSA) is 17.1 Å². The molecule has 0 fully saturated rings. The van der Waals surface area contributed by atoms with Gasteiger partial charge in [0, 0.05) is 10.5 Å². The monoisotopic (exact) mass is 228 g/mol. The van der Waals surface area contributed by atoms with Gasteiger partial charge in [0.2, 0.25) is 0 Å². The number of carbonyl (C=O) groups is 1. The molecule has 2 aliphatic rings. The molecule has 0 radical (unpaired) electrons. The number of benzene rings is 1. The molecule has 2 aliphatic carbocycles. The third-order valence-electron chi connectivity index (χ3n) is 2.49. The summed E-state index contributed by atoms with van der Waals surface area (Å²) in [7, 11) is 0. The minimum absolute atomic E-state index is 0.640. The lowest BCUT2D eigenvalue weighted by Crippen LogP contribution is -1.78. The Morgan fingerprint density at radius 2 is 1.69 bits per heavy atom. The molecule has 1 aromatic carbocycles. The Morgan fingerprint density at radius 1 is 1.06 bits per heavy atom. The van der Waals surface area contributed by atoms with Crippen LogP contribution in [0.25, 0.3) is 0 Å². The summed E-state index contributed by atoms with van der Waals surface area (Å²) in [6, 6.07) is 7.17. The average Bonchev–Trinajstić information content (AvgIpc) is 2.95. The largest absolute Gasteiger partial charge is 0.298 e. The summed E-state index contributed by atoms with van der Waals surface area (Å²) in [5, 5.41) is 0. The van der Waals surface area contributed by atoms with Crippen molar-refractivity contribution in [3.8, 4) is 0 Å². The van der Waals surface area contributed by atoms with Crippen molar-refractivity contribution in [1.29, 1.82) is 0 Å². The number of thiol groups is 1. The van der Waals surface area contributed by atoms with Gasteiger partial charge in [-0.3, -0.25) is 4.79 Å². The second kappa shape index (κ2) is 4.99. The maximum Gasteiger partial charge on any atom is 0.151 e. The van der Waals surface area contributed by atoms with Crippen LogP contribution in [-0.4, -0.2) is 6.29 Å². The van der Waals surface area contributed by atoms with Gasteiger partial charge in [-0.1, -0.05) is 42.5 Å². The minimum atomic E-state index is 0.640. The summed E-state index contributed by atoms with van der Waals surface area (Å²) < 4.78 is 0. The molecule has 1 aromatic rings. The summed E-state index contributed by atoms with van der Waals surface area (Å²) in [6.07, 6.45) is 10.7. The molecule has 2 heteroatoms. The zero-order chi connectivity index (χ0) is 11.4. The second-order valence-corrected chi connectivity index (χ2v) is 4.15. The Hall–Kier alpha value is -1.54. The lowest BCUT2D eigenvalue weighted by molar-refractivity contribution is 0.112. The van der Waals surface area contributed by atoms with Gasteiger partial charge < -0.3 is 0 Å². The smallest absolute Gasteiger partial charge is 0.151 e. The van der Waals surface area contributed by atoms with Crippen LogP contribution in [-0.2, 0) is 0 Å². The molecule has 1 nitrogen and oxygen atoms in total. The number of rotatable bonds is 1. The molecular formula is C14H12OS. The maximum atomic E-state index is 10.2. The summed E-state index contributed by atoms with van der Waals surface area (Å²) in [4.78, 5) is 10.9. The van der Waals surface area contributed by atoms with E-state index in [1.54, 1.807) is 12.1 Å². The first kappa shape index (κ1) is 11.0. The van der Waals surface area contributed by atoms with Gasteiger partial charge in [-0.05, 0) is 23.6 Å². The highest BCUT2D eigenvalue weighted by Crippen LogP contribution is 2.27. The van der Waals surface area contributed by atoms with Crippen molar-refractivity contribution in [2.45, 2.75) is 11.3 Å². The molecule has 0 saturated carbocycles. The summed E-state index contributed by atoms with van der Waals surface area (Å²) >= 11 is 4.05. The van der Waals surface area contributed by atoms with Crippen LogP contribution < -0.4 is 0 Å². The molecule has 0 unspecified atom stereocenters. The molecule has 3 rings (SSSR count). The zero-order valence-corrected chi connectivity index (χ0v) is 9.65. The molecule has 0 aromatic heterocycles. The third kappa shape index (κ3) is 2.52. The van der Waals surface area contributed by atoms with Crippen LogP contribution in [0.4, 0.5) is 0 Å². The number of allylic oxidation sites excluding steroid dienone is 6. The van der Waals surface area contributed by atoms with Crippen LogP contribution in [0.2, 0.25) is 0 Å². The molecule has 16 heavy (non-hydrogen) atoms. The van der Waals surface area contributed by atoms with Crippen molar-refractivity contribution in [3.63, 3.8) is 0 Å². The van der Waals surface area contributed by atoms with Crippen molar-refractivity contribution < 1.29 is 4.79 Å². The van der Waals surface area contributed by atoms with Gasteiger partial charge in [0.25, 0.3) is 0 Å². The Kier molecular flexibility index (Phi) is 3.42. The van der Waals surface area contributed by atoms with Gasteiger partial charge in [0.1, 0.15) is 0 Å². The molecule has 0 N–H and O–H groups in total. The molecule has 0 amide bonds. The van der Waals surface area contributed by atoms with Crippen LogP contribution >= 0.6 is 12.6 Å². The first-order valence-electron chi connectivity index (χ1n) is 5.10. The molecule has 0 spiro atoms. The molecule has 80 valence electrons. The van der Waals surface area contributed by atoms with Crippen LogP contribution in [0, 0.1) is 0 Å². The Morgan fingerprint density at radius 3 is 2.00 bits per heavy atom. The van der Waals surface area contributed by atoms with Crippen molar-refractivity contribution in [2.75, 3.05) is 0 Å². The van der Waals surface area contributed by atoms with Crippen molar-refractivity contribution in [1.82, 2.24) is 0 Å². The first-order chi connectivity index (χ1) is 7.79. The van der Waals surface area contributed by atoms with Gasteiger partial charge in [-0.25, -0.2) is 0 Å². The van der Waals surface area contributed by atoms with E-state index in [9.17, 15) is 4.79 Å². The van der Waals surface area contributed by atoms with E-state index in [1.165, 1.54) is 17.6 Å². The minimum Gasteiger partial charge on any atom is -0.298 e. The molecule has 0 saturated heterocycles. The number of hydrogen-bond acceptors (Lipinski definition) is 2. The average molecular weight is 228 g/mol. The Bertz CT molecular complexity index is 475. The molecule has 0 heterocycles. The highest BCUT2D eigenvalue weighted by molar-refractivity contribution is 7.80. The van der Waals surface area contributed by atoms with Crippen LogP contribution in [0.15, 0.2) is 64.6 Å². The van der Waals surface area contributed by atoms with E-state index >= 15 is 0 Å². The van der Waals surface area contributed by atoms with E-state index < -0.39 is 0 Å². The lowest BCUT2D eigenvalue weighted by Gasteiger charge is -1.91. The van der Waals surface area contributed by atoms with Gasteiger partial charge in [-0.2, -0.15) is 0 Å². The standard InChI is InChI=1S/C7H6OS.C7H6/c8-5-6-3-1-2-4-7(6)9;1-2-7-4-3-6(1)5-7/h1-5,9H;1-4H,5H2. The number of fused-ring (bicyclic) bond motifs is 2. The fraction of sp³-hybridized carbons (Fsp3) is 0.0714. The van der Waals surface area contributed by atoms with Crippen LogP contribution in [0.3, 0.4) is 0 Å². The van der Waals surface area contributed by atoms with Crippen molar-refractivity contribution in [2.24, 2.45) is 0 Å².